The summed E-state index contributed by atoms with van der Waals surface area (Å²) in [6.45, 7) is 6.01. The molecule has 4 nitrogen and oxygen atoms in total. The van der Waals surface area contributed by atoms with E-state index in [4.69, 9.17) is 4.74 Å². The first kappa shape index (κ1) is 15.7. The molecule has 0 atom stereocenters. The summed E-state index contributed by atoms with van der Waals surface area (Å²) in [7, 11) is 1.79. The van der Waals surface area contributed by atoms with Crippen LogP contribution in [0, 0.1) is 6.92 Å². The molecular weight excluding hydrogens is 308 g/mol. The Morgan fingerprint density at radius 3 is 2.43 bits per heavy atom. The number of hydrogen-bond acceptors (Lipinski definition) is 3. The van der Waals surface area contributed by atoms with Crippen molar-refractivity contribution in [2.75, 3.05) is 16.3 Å². The van der Waals surface area contributed by atoms with Crippen molar-refractivity contribution < 1.29 is 9.53 Å². The fourth-order valence-electron chi connectivity index (χ4n) is 2.40. The summed E-state index contributed by atoms with van der Waals surface area (Å²) in [5.74, 6) is 0.780. The number of ether oxygens (including phenoxy) is 1. The van der Waals surface area contributed by atoms with E-state index in [0.717, 1.165) is 22.0 Å². The highest BCUT2D eigenvalue weighted by Gasteiger charge is 2.30. The molecule has 0 spiro atoms. The smallest absolute Gasteiger partial charge is 0.339 e. The quantitative estimate of drug-likeness (QED) is 0.754. The van der Waals surface area contributed by atoms with Crippen molar-refractivity contribution in [1.29, 1.82) is 0 Å². The molecule has 1 aliphatic rings. The second kappa shape index (κ2) is 6.16. The van der Waals surface area contributed by atoms with E-state index in [2.05, 4.69) is 0 Å². The highest BCUT2D eigenvalue weighted by Crippen LogP contribution is 2.42. The maximum absolute atomic E-state index is 12.7. The van der Waals surface area contributed by atoms with E-state index in [1.54, 1.807) is 16.3 Å². The molecule has 0 fully saturated rings. The highest BCUT2D eigenvalue weighted by molar-refractivity contribution is 8.01. The average molecular weight is 328 g/mol. The number of nitrogens with zero attached hydrogens (tertiary/aromatic N) is 2. The molecule has 120 valence electrons. The molecule has 0 aliphatic carbocycles. The minimum atomic E-state index is -0.0620. The van der Waals surface area contributed by atoms with Crippen molar-refractivity contribution in [1.82, 2.24) is 0 Å². The van der Waals surface area contributed by atoms with Gasteiger partial charge in [0.1, 0.15) is 5.75 Å². The Balaban J connectivity index is 1.93. The van der Waals surface area contributed by atoms with Gasteiger partial charge in [-0.1, -0.05) is 17.7 Å². The van der Waals surface area contributed by atoms with Crippen molar-refractivity contribution in [3.8, 4) is 5.75 Å². The van der Waals surface area contributed by atoms with Gasteiger partial charge in [0.05, 0.1) is 22.4 Å². The predicted octanol–water partition coefficient (Wildman–Crippen LogP) is 4.87. The molecule has 3 rings (SSSR count). The molecule has 2 aromatic rings. The Hall–Kier alpha value is -2.14. The molecule has 0 bridgehead atoms. The maximum Gasteiger partial charge on any atom is 0.339 e. The molecule has 0 unspecified atom stereocenters. The molecule has 2 aromatic carbocycles. The number of fused-ring (bicyclic) bond motifs is 1. The van der Waals surface area contributed by atoms with Crippen molar-refractivity contribution in [3.63, 3.8) is 0 Å². The van der Waals surface area contributed by atoms with Crippen molar-refractivity contribution in [2.24, 2.45) is 0 Å². The lowest BCUT2D eigenvalue weighted by atomic mass is 10.2. The third-order valence-corrected chi connectivity index (χ3v) is 4.67. The van der Waals surface area contributed by atoms with E-state index in [1.165, 1.54) is 17.5 Å². The second-order valence-electron chi connectivity index (χ2n) is 5.86. The largest absolute Gasteiger partial charge is 0.491 e. The van der Waals surface area contributed by atoms with E-state index in [0.29, 0.717) is 0 Å². The van der Waals surface area contributed by atoms with Gasteiger partial charge in [0.15, 0.2) is 0 Å². The number of carbonyl (C=O) groups is 1. The number of benzene rings is 2. The maximum atomic E-state index is 12.7. The number of aryl methyl sites for hydroxylation is 1. The Labute approximate surface area is 141 Å². The summed E-state index contributed by atoms with van der Waals surface area (Å²) in [5.41, 5.74) is 2.93. The summed E-state index contributed by atoms with van der Waals surface area (Å²) >= 11 is 1.44. The van der Waals surface area contributed by atoms with Gasteiger partial charge < -0.3 is 4.74 Å². The Kier molecular flexibility index (Phi) is 4.22. The van der Waals surface area contributed by atoms with Crippen LogP contribution in [0.15, 0.2) is 47.4 Å². The Morgan fingerprint density at radius 1 is 1.09 bits per heavy atom. The monoisotopic (exact) mass is 328 g/mol. The van der Waals surface area contributed by atoms with Crippen LogP contribution < -0.4 is 13.9 Å². The van der Waals surface area contributed by atoms with Gasteiger partial charge >= 0.3 is 6.03 Å². The van der Waals surface area contributed by atoms with Gasteiger partial charge in [-0.15, -0.1) is 0 Å². The van der Waals surface area contributed by atoms with Gasteiger partial charge in [-0.3, -0.25) is 4.90 Å². The van der Waals surface area contributed by atoms with E-state index in [1.807, 2.05) is 63.2 Å². The summed E-state index contributed by atoms with van der Waals surface area (Å²) in [6.07, 6.45) is 0.106. The molecular formula is C18H20N2O2S. The lowest BCUT2D eigenvalue weighted by molar-refractivity contribution is 0.242. The number of carbonyl (C=O) groups excluding carboxylic acids is 1. The van der Waals surface area contributed by atoms with Gasteiger partial charge in [0.2, 0.25) is 0 Å². The molecule has 2 amide bonds. The summed E-state index contributed by atoms with van der Waals surface area (Å²) in [6, 6.07) is 13.8. The molecule has 0 saturated heterocycles. The zero-order chi connectivity index (χ0) is 16.6. The van der Waals surface area contributed by atoms with E-state index in [9.17, 15) is 4.79 Å². The van der Waals surface area contributed by atoms with Crippen LogP contribution in [0.3, 0.4) is 0 Å². The van der Waals surface area contributed by atoms with Crippen LogP contribution in [-0.4, -0.2) is 19.2 Å². The van der Waals surface area contributed by atoms with Gasteiger partial charge in [-0.2, -0.15) is 0 Å². The zero-order valence-electron chi connectivity index (χ0n) is 13.7. The van der Waals surface area contributed by atoms with Gasteiger partial charge in [-0.05, 0) is 57.0 Å². The number of anilines is 2. The number of urea groups is 1. The molecule has 23 heavy (non-hydrogen) atoms. The number of rotatable bonds is 3. The fourth-order valence-corrected chi connectivity index (χ4v) is 3.44. The van der Waals surface area contributed by atoms with Crippen LogP contribution >= 0.6 is 11.9 Å². The van der Waals surface area contributed by atoms with Crippen molar-refractivity contribution in [3.05, 3.63) is 48.0 Å². The van der Waals surface area contributed by atoms with Gasteiger partial charge in [0, 0.05) is 13.1 Å². The molecule has 0 saturated carbocycles. The van der Waals surface area contributed by atoms with Crippen LogP contribution in [0.25, 0.3) is 0 Å². The topological polar surface area (TPSA) is 32.8 Å². The predicted molar refractivity (Wildman–Crippen MR) is 95.5 cm³/mol. The standard InChI is InChI=1S/C18H20N2O2S/c1-12(2)22-15-9-10-17-16(11-15)19(4)18(21)20(23-17)14-7-5-13(3)6-8-14/h5-12H,1-4H3. The van der Waals surface area contributed by atoms with E-state index >= 15 is 0 Å². The first-order valence-electron chi connectivity index (χ1n) is 7.59. The lowest BCUT2D eigenvalue weighted by Crippen LogP contribution is -2.40. The van der Waals surface area contributed by atoms with Crippen molar-refractivity contribution in [2.45, 2.75) is 31.8 Å². The van der Waals surface area contributed by atoms with E-state index < -0.39 is 0 Å². The summed E-state index contributed by atoms with van der Waals surface area (Å²) in [5, 5.41) is 0. The second-order valence-corrected chi connectivity index (χ2v) is 6.85. The molecule has 5 heteroatoms. The summed E-state index contributed by atoms with van der Waals surface area (Å²) in [4.78, 5) is 15.4. The zero-order valence-corrected chi connectivity index (χ0v) is 14.6. The van der Waals surface area contributed by atoms with Crippen molar-refractivity contribution >= 4 is 29.4 Å². The average Bonchev–Trinajstić information content (AvgIpc) is 2.52. The van der Waals surface area contributed by atoms with E-state index in [-0.39, 0.29) is 12.1 Å². The fraction of sp³-hybridized carbons (Fsp3) is 0.278. The molecule has 0 aromatic heterocycles. The van der Waals surface area contributed by atoms with Crippen LogP contribution in [-0.2, 0) is 0 Å². The molecule has 0 radical (unpaired) electrons. The lowest BCUT2D eigenvalue weighted by Gasteiger charge is -2.34. The van der Waals surface area contributed by atoms with Crippen LogP contribution in [0.2, 0.25) is 0 Å². The third kappa shape index (κ3) is 3.15. The SMILES string of the molecule is Cc1ccc(N2Sc3ccc(OC(C)C)cc3N(C)C2=O)cc1. The normalized spacial score (nSPS) is 14.2. The highest BCUT2D eigenvalue weighted by atomic mass is 32.2. The third-order valence-electron chi connectivity index (χ3n) is 3.58. The van der Waals surface area contributed by atoms with Gasteiger partial charge in [-0.25, -0.2) is 9.10 Å². The Bertz CT molecular complexity index is 728. The minimum Gasteiger partial charge on any atom is -0.491 e. The van der Waals surface area contributed by atoms with Crippen LogP contribution in [0.5, 0.6) is 5.75 Å². The first-order chi connectivity index (χ1) is 11.0. The van der Waals surface area contributed by atoms with Crippen LogP contribution in [0.1, 0.15) is 19.4 Å². The number of amides is 2. The molecule has 0 N–H and O–H groups in total. The summed E-state index contributed by atoms with van der Waals surface area (Å²) < 4.78 is 7.44. The molecule has 1 heterocycles. The van der Waals surface area contributed by atoms with Crippen LogP contribution in [0.4, 0.5) is 16.2 Å². The van der Waals surface area contributed by atoms with Gasteiger partial charge in [0.25, 0.3) is 0 Å². The first-order valence-corrected chi connectivity index (χ1v) is 8.36. The molecule has 1 aliphatic heterocycles. The Morgan fingerprint density at radius 2 is 1.78 bits per heavy atom. The minimum absolute atomic E-state index is 0.0620. The number of hydrogen-bond donors (Lipinski definition) is 0.